The third-order valence-electron chi connectivity index (χ3n) is 4.67. The maximum Gasteiger partial charge on any atom is 0.254 e. The van der Waals surface area contributed by atoms with E-state index >= 15 is 0 Å². The molecule has 3 rings (SSSR count). The molecule has 0 unspecified atom stereocenters. The van der Waals surface area contributed by atoms with E-state index in [-0.39, 0.29) is 18.4 Å². The van der Waals surface area contributed by atoms with E-state index in [0.29, 0.717) is 5.56 Å². The quantitative estimate of drug-likeness (QED) is 0.746. The van der Waals surface area contributed by atoms with Gasteiger partial charge >= 0.3 is 0 Å². The van der Waals surface area contributed by atoms with Crippen molar-refractivity contribution in [2.45, 2.75) is 20.8 Å². The lowest BCUT2D eigenvalue weighted by Gasteiger charge is -2.19. The molecule has 0 heterocycles. The highest BCUT2D eigenvalue weighted by Crippen LogP contribution is 2.22. The number of rotatable bonds is 4. The number of anilines is 1. The maximum atomic E-state index is 12.7. The summed E-state index contributed by atoms with van der Waals surface area (Å²) in [5.41, 5.74) is 4.59. The first-order valence-corrected chi connectivity index (χ1v) is 8.97. The van der Waals surface area contributed by atoms with E-state index in [1.165, 1.54) is 4.90 Å². The molecule has 0 saturated carbocycles. The first-order chi connectivity index (χ1) is 12.8. The van der Waals surface area contributed by atoms with E-state index in [1.54, 1.807) is 13.1 Å². The summed E-state index contributed by atoms with van der Waals surface area (Å²) in [5.74, 6) is -0.380. The van der Waals surface area contributed by atoms with Crippen molar-refractivity contribution in [3.05, 3.63) is 76.9 Å². The minimum absolute atomic E-state index is 0.00157. The minimum atomic E-state index is -0.207. The van der Waals surface area contributed by atoms with Crippen LogP contribution in [0.3, 0.4) is 0 Å². The number of benzene rings is 3. The summed E-state index contributed by atoms with van der Waals surface area (Å²) in [5, 5.41) is 5.03. The largest absolute Gasteiger partial charge is 0.332 e. The molecule has 2 amide bonds. The Bertz CT molecular complexity index is 1000. The molecule has 3 aromatic rings. The van der Waals surface area contributed by atoms with Gasteiger partial charge < -0.3 is 10.2 Å². The predicted octanol–water partition coefficient (Wildman–Crippen LogP) is 4.48. The standard InChI is InChI=1S/C23H24N2O2/c1-15-11-16(2)22(17(3)12-15)24-21(26)14-25(4)23(27)20-10-9-18-7-5-6-8-19(18)13-20/h5-13H,14H2,1-4H3,(H,24,26). The van der Waals surface area contributed by atoms with Gasteiger partial charge in [-0.1, -0.05) is 48.0 Å². The van der Waals surface area contributed by atoms with Gasteiger partial charge in [0.15, 0.2) is 0 Å². The first-order valence-electron chi connectivity index (χ1n) is 8.97. The number of fused-ring (bicyclic) bond motifs is 1. The zero-order valence-corrected chi connectivity index (χ0v) is 16.2. The van der Waals surface area contributed by atoms with Gasteiger partial charge in [0.2, 0.25) is 5.91 Å². The number of aryl methyl sites for hydroxylation is 3. The van der Waals surface area contributed by atoms with Crippen molar-refractivity contribution in [1.29, 1.82) is 0 Å². The number of hydrogen-bond acceptors (Lipinski definition) is 2. The maximum absolute atomic E-state index is 12.7. The van der Waals surface area contributed by atoms with Gasteiger partial charge in [0, 0.05) is 18.3 Å². The van der Waals surface area contributed by atoms with Crippen LogP contribution in [0.15, 0.2) is 54.6 Å². The second-order valence-corrected chi connectivity index (χ2v) is 7.05. The zero-order chi connectivity index (χ0) is 19.6. The van der Waals surface area contributed by atoms with Crippen molar-refractivity contribution < 1.29 is 9.59 Å². The van der Waals surface area contributed by atoms with E-state index in [9.17, 15) is 9.59 Å². The Kier molecular flexibility index (Phi) is 5.26. The van der Waals surface area contributed by atoms with E-state index in [0.717, 1.165) is 33.2 Å². The molecule has 0 fully saturated rings. The monoisotopic (exact) mass is 360 g/mol. The smallest absolute Gasteiger partial charge is 0.254 e. The van der Waals surface area contributed by atoms with Crippen LogP contribution in [0.25, 0.3) is 10.8 Å². The molecule has 1 N–H and O–H groups in total. The van der Waals surface area contributed by atoms with Gasteiger partial charge in [-0.2, -0.15) is 0 Å². The Morgan fingerprint density at radius 3 is 2.19 bits per heavy atom. The molecule has 4 heteroatoms. The van der Waals surface area contributed by atoms with Crippen molar-refractivity contribution in [3.8, 4) is 0 Å². The second kappa shape index (κ2) is 7.62. The summed E-state index contributed by atoms with van der Waals surface area (Å²) < 4.78 is 0. The van der Waals surface area contributed by atoms with Gasteiger partial charge in [-0.3, -0.25) is 9.59 Å². The fourth-order valence-electron chi connectivity index (χ4n) is 3.39. The molecule has 4 nitrogen and oxygen atoms in total. The van der Waals surface area contributed by atoms with Crippen LogP contribution in [-0.2, 0) is 4.79 Å². The molecule has 0 aliphatic heterocycles. The summed E-state index contributed by atoms with van der Waals surface area (Å²) in [6.07, 6.45) is 0. The average Bonchev–Trinajstić information content (AvgIpc) is 2.63. The highest BCUT2D eigenvalue weighted by atomic mass is 16.2. The van der Waals surface area contributed by atoms with Crippen molar-refractivity contribution in [2.75, 3.05) is 18.9 Å². The molecule has 0 saturated heterocycles. The molecular formula is C23H24N2O2. The lowest BCUT2D eigenvalue weighted by Crippen LogP contribution is -2.35. The van der Waals surface area contributed by atoms with Crippen LogP contribution in [0.4, 0.5) is 5.69 Å². The Labute approximate surface area is 159 Å². The summed E-state index contributed by atoms with van der Waals surface area (Å²) >= 11 is 0. The van der Waals surface area contributed by atoms with Crippen LogP contribution < -0.4 is 5.32 Å². The normalized spacial score (nSPS) is 10.7. The van der Waals surface area contributed by atoms with Crippen LogP contribution in [0.1, 0.15) is 27.0 Å². The van der Waals surface area contributed by atoms with Crippen molar-refractivity contribution >= 4 is 28.3 Å². The van der Waals surface area contributed by atoms with Gasteiger partial charge in [-0.25, -0.2) is 0 Å². The molecule has 27 heavy (non-hydrogen) atoms. The Hall–Kier alpha value is -3.14. The predicted molar refractivity (Wildman–Crippen MR) is 110 cm³/mol. The van der Waals surface area contributed by atoms with Crippen LogP contribution in [0, 0.1) is 20.8 Å². The van der Waals surface area contributed by atoms with Crippen LogP contribution in [0.5, 0.6) is 0 Å². The fraction of sp³-hybridized carbons (Fsp3) is 0.217. The van der Waals surface area contributed by atoms with E-state index in [2.05, 4.69) is 5.32 Å². The molecule has 0 radical (unpaired) electrons. The molecule has 138 valence electrons. The van der Waals surface area contributed by atoms with Crippen LogP contribution >= 0.6 is 0 Å². The van der Waals surface area contributed by atoms with E-state index < -0.39 is 0 Å². The van der Waals surface area contributed by atoms with E-state index in [4.69, 9.17) is 0 Å². The first kappa shape index (κ1) is 18.6. The SMILES string of the molecule is Cc1cc(C)c(NC(=O)CN(C)C(=O)c2ccc3ccccc3c2)c(C)c1. The molecule has 3 aromatic carbocycles. The highest BCUT2D eigenvalue weighted by molar-refractivity contribution is 6.01. The molecular weight excluding hydrogens is 336 g/mol. The van der Waals surface area contributed by atoms with Gasteiger partial charge in [0.25, 0.3) is 5.91 Å². The topological polar surface area (TPSA) is 49.4 Å². The Morgan fingerprint density at radius 1 is 0.889 bits per heavy atom. The van der Waals surface area contributed by atoms with Crippen LogP contribution in [-0.4, -0.2) is 30.3 Å². The summed E-state index contributed by atoms with van der Waals surface area (Å²) in [6, 6.07) is 17.5. The van der Waals surface area contributed by atoms with Gasteiger partial charge in [0.1, 0.15) is 0 Å². The van der Waals surface area contributed by atoms with Crippen molar-refractivity contribution in [2.24, 2.45) is 0 Å². The van der Waals surface area contributed by atoms with Gasteiger partial charge in [-0.05, 0) is 54.8 Å². The summed E-state index contributed by atoms with van der Waals surface area (Å²) in [6.45, 7) is 5.97. The molecule has 0 aromatic heterocycles. The van der Waals surface area contributed by atoms with Crippen molar-refractivity contribution in [1.82, 2.24) is 4.90 Å². The summed E-state index contributed by atoms with van der Waals surface area (Å²) in [4.78, 5) is 26.6. The lowest BCUT2D eigenvalue weighted by atomic mass is 10.1. The lowest BCUT2D eigenvalue weighted by molar-refractivity contribution is -0.116. The number of carbonyl (C=O) groups excluding carboxylic acids is 2. The third kappa shape index (κ3) is 4.17. The molecule has 0 aliphatic carbocycles. The third-order valence-corrected chi connectivity index (χ3v) is 4.67. The average molecular weight is 360 g/mol. The zero-order valence-electron chi connectivity index (χ0n) is 16.2. The number of nitrogens with zero attached hydrogens (tertiary/aromatic N) is 1. The Balaban J connectivity index is 1.71. The molecule has 0 bridgehead atoms. The Morgan fingerprint density at radius 2 is 1.52 bits per heavy atom. The molecule has 0 spiro atoms. The van der Waals surface area contributed by atoms with Gasteiger partial charge in [-0.15, -0.1) is 0 Å². The van der Waals surface area contributed by atoms with E-state index in [1.807, 2.05) is 69.3 Å². The fourth-order valence-corrected chi connectivity index (χ4v) is 3.39. The minimum Gasteiger partial charge on any atom is -0.332 e. The number of carbonyl (C=O) groups is 2. The number of nitrogens with one attached hydrogen (secondary N) is 1. The molecule has 0 atom stereocenters. The molecule has 0 aliphatic rings. The number of amides is 2. The highest BCUT2D eigenvalue weighted by Gasteiger charge is 2.16. The van der Waals surface area contributed by atoms with Crippen molar-refractivity contribution in [3.63, 3.8) is 0 Å². The second-order valence-electron chi connectivity index (χ2n) is 7.05. The van der Waals surface area contributed by atoms with Crippen LogP contribution in [0.2, 0.25) is 0 Å². The van der Waals surface area contributed by atoms with Gasteiger partial charge in [0.05, 0.1) is 6.54 Å². The number of likely N-dealkylation sites (N-methyl/N-ethyl adjacent to an activating group) is 1. The number of hydrogen-bond donors (Lipinski definition) is 1. The summed E-state index contributed by atoms with van der Waals surface area (Å²) in [7, 11) is 1.64.